The van der Waals surface area contributed by atoms with E-state index in [9.17, 15) is 22.8 Å². The SMILES string of the molecule is CC(=O)NC1CC(=O)N(CC(F)(F)F)C1. The third-order valence-corrected chi connectivity index (χ3v) is 1.99. The highest BCUT2D eigenvalue weighted by atomic mass is 19.4. The van der Waals surface area contributed by atoms with Gasteiger partial charge >= 0.3 is 6.18 Å². The second-order valence-electron chi connectivity index (χ2n) is 3.49. The first kappa shape index (κ1) is 11.8. The number of likely N-dealkylation sites (tertiary alicyclic amines) is 1. The van der Waals surface area contributed by atoms with Crippen molar-refractivity contribution in [1.29, 1.82) is 0 Å². The minimum atomic E-state index is -4.39. The third kappa shape index (κ3) is 3.77. The normalized spacial score (nSPS) is 22.0. The predicted molar refractivity (Wildman–Crippen MR) is 44.9 cm³/mol. The van der Waals surface area contributed by atoms with Crippen LogP contribution in [0.4, 0.5) is 13.2 Å². The third-order valence-electron chi connectivity index (χ3n) is 1.99. The number of nitrogens with one attached hydrogen (secondary N) is 1. The van der Waals surface area contributed by atoms with Gasteiger partial charge < -0.3 is 10.2 Å². The Morgan fingerprint density at radius 3 is 2.67 bits per heavy atom. The predicted octanol–water partition coefficient (Wildman–Crippen LogP) is 0.286. The van der Waals surface area contributed by atoms with Crippen LogP contribution in [0.1, 0.15) is 13.3 Å². The van der Waals surface area contributed by atoms with Crippen molar-refractivity contribution in [2.45, 2.75) is 25.6 Å². The van der Waals surface area contributed by atoms with E-state index in [4.69, 9.17) is 0 Å². The highest BCUT2D eigenvalue weighted by molar-refractivity contribution is 5.81. The molecule has 7 heteroatoms. The van der Waals surface area contributed by atoms with Gasteiger partial charge in [-0.2, -0.15) is 13.2 Å². The standard InChI is InChI=1S/C8H11F3N2O2/c1-5(14)12-6-2-7(15)13(3-6)4-8(9,10)11/h6H,2-4H2,1H3,(H,12,14). The minimum Gasteiger partial charge on any atom is -0.351 e. The van der Waals surface area contributed by atoms with E-state index in [-0.39, 0.29) is 18.9 Å². The Labute approximate surface area is 84.4 Å². The highest BCUT2D eigenvalue weighted by Crippen LogP contribution is 2.20. The smallest absolute Gasteiger partial charge is 0.351 e. The highest BCUT2D eigenvalue weighted by Gasteiger charge is 2.38. The zero-order valence-corrected chi connectivity index (χ0v) is 8.10. The van der Waals surface area contributed by atoms with Crippen LogP contribution in [0.25, 0.3) is 0 Å². The summed E-state index contributed by atoms with van der Waals surface area (Å²) >= 11 is 0. The van der Waals surface area contributed by atoms with Crippen molar-refractivity contribution in [3.63, 3.8) is 0 Å². The van der Waals surface area contributed by atoms with Crippen molar-refractivity contribution in [3.05, 3.63) is 0 Å². The molecule has 0 radical (unpaired) electrons. The van der Waals surface area contributed by atoms with Crippen molar-refractivity contribution in [1.82, 2.24) is 10.2 Å². The molecule has 0 aromatic carbocycles. The fraction of sp³-hybridized carbons (Fsp3) is 0.750. The number of rotatable bonds is 2. The van der Waals surface area contributed by atoms with Gasteiger partial charge in [-0.25, -0.2) is 0 Å². The van der Waals surface area contributed by atoms with Crippen LogP contribution in [0.5, 0.6) is 0 Å². The zero-order chi connectivity index (χ0) is 11.6. The van der Waals surface area contributed by atoms with Crippen LogP contribution in [-0.2, 0) is 9.59 Å². The van der Waals surface area contributed by atoms with E-state index in [2.05, 4.69) is 5.32 Å². The maximum Gasteiger partial charge on any atom is 0.406 e. The van der Waals surface area contributed by atoms with Crippen molar-refractivity contribution < 1.29 is 22.8 Å². The number of nitrogens with zero attached hydrogens (tertiary/aromatic N) is 1. The first-order chi connectivity index (χ1) is 6.78. The molecule has 1 atom stereocenters. The maximum absolute atomic E-state index is 12.0. The van der Waals surface area contributed by atoms with Gasteiger partial charge in [-0.3, -0.25) is 9.59 Å². The summed E-state index contributed by atoms with van der Waals surface area (Å²) in [5, 5.41) is 2.42. The number of amides is 2. The molecular formula is C8H11F3N2O2. The van der Waals surface area contributed by atoms with E-state index in [1.807, 2.05) is 0 Å². The average Bonchev–Trinajstić information content (AvgIpc) is 2.26. The average molecular weight is 224 g/mol. The fourth-order valence-electron chi connectivity index (χ4n) is 1.53. The molecule has 1 heterocycles. The Morgan fingerprint density at radius 2 is 2.20 bits per heavy atom. The van der Waals surface area contributed by atoms with Crippen molar-refractivity contribution in [3.8, 4) is 0 Å². The van der Waals surface area contributed by atoms with Gasteiger partial charge in [0.25, 0.3) is 0 Å². The fourth-order valence-corrected chi connectivity index (χ4v) is 1.53. The monoisotopic (exact) mass is 224 g/mol. The number of carbonyl (C=O) groups is 2. The molecule has 2 amide bonds. The molecule has 0 saturated carbocycles. The van der Waals surface area contributed by atoms with E-state index in [0.717, 1.165) is 0 Å². The number of alkyl halides is 3. The van der Waals surface area contributed by atoms with Crippen LogP contribution < -0.4 is 5.32 Å². The largest absolute Gasteiger partial charge is 0.406 e. The van der Waals surface area contributed by atoms with E-state index in [0.29, 0.717) is 4.90 Å². The molecule has 1 rings (SSSR count). The number of hydrogen-bond donors (Lipinski definition) is 1. The Kier molecular flexibility index (Phi) is 3.21. The maximum atomic E-state index is 12.0. The van der Waals surface area contributed by atoms with Gasteiger partial charge in [0.05, 0.1) is 6.04 Å². The van der Waals surface area contributed by atoms with Crippen LogP contribution in [0.2, 0.25) is 0 Å². The van der Waals surface area contributed by atoms with Gasteiger partial charge in [0.2, 0.25) is 11.8 Å². The topological polar surface area (TPSA) is 49.4 Å². The van der Waals surface area contributed by atoms with Crippen LogP contribution in [0, 0.1) is 0 Å². The van der Waals surface area contributed by atoms with Crippen molar-refractivity contribution >= 4 is 11.8 Å². The van der Waals surface area contributed by atoms with E-state index >= 15 is 0 Å². The molecule has 1 aliphatic heterocycles. The summed E-state index contributed by atoms with van der Waals surface area (Å²) in [7, 11) is 0. The van der Waals surface area contributed by atoms with Crippen molar-refractivity contribution in [2.75, 3.05) is 13.1 Å². The molecule has 1 unspecified atom stereocenters. The summed E-state index contributed by atoms with van der Waals surface area (Å²) in [4.78, 5) is 22.5. The van der Waals surface area contributed by atoms with Gasteiger partial charge in [0, 0.05) is 19.9 Å². The summed E-state index contributed by atoms with van der Waals surface area (Å²) in [6.07, 6.45) is -4.45. The lowest BCUT2D eigenvalue weighted by molar-refractivity contribution is -0.157. The molecule has 4 nitrogen and oxygen atoms in total. The van der Waals surface area contributed by atoms with Crippen molar-refractivity contribution in [2.24, 2.45) is 0 Å². The molecule has 0 spiro atoms. The second kappa shape index (κ2) is 4.08. The van der Waals surface area contributed by atoms with E-state index < -0.39 is 24.7 Å². The molecule has 0 aromatic rings. The molecule has 1 saturated heterocycles. The summed E-state index contributed by atoms with van der Waals surface area (Å²) in [5.74, 6) is -0.923. The Morgan fingerprint density at radius 1 is 1.60 bits per heavy atom. The molecule has 1 N–H and O–H groups in total. The Balaban J connectivity index is 2.50. The Bertz CT molecular complexity index is 278. The molecule has 1 fully saturated rings. The first-order valence-electron chi connectivity index (χ1n) is 4.39. The number of hydrogen-bond acceptors (Lipinski definition) is 2. The van der Waals surface area contributed by atoms with Gasteiger partial charge in [-0.1, -0.05) is 0 Å². The summed E-state index contributed by atoms with van der Waals surface area (Å²) < 4.78 is 36.0. The summed E-state index contributed by atoms with van der Waals surface area (Å²) in [5.41, 5.74) is 0. The van der Waals surface area contributed by atoms with E-state index in [1.54, 1.807) is 0 Å². The van der Waals surface area contributed by atoms with Crippen LogP contribution in [0.3, 0.4) is 0 Å². The van der Waals surface area contributed by atoms with Gasteiger partial charge in [0.1, 0.15) is 6.54 Å². The molecule has 86 valence electrons. The van der Waals surface area contributed by atoms with Crippen LogP contribution in [-0.4, -0.2) is 42.0 Å². The Hall–Kier alpha value is -1.27. The number of halogens is 3. The first-order valence-corrected chi connectivity index (χ1v) is 4.39. The lowest BCUT2D eigenvalue weighted by Crippen LogP contribution is -2.39. The van der Waals surface area contributed by atoms with Gasteiger partial charge in [-0.05, 0) is 0 Å². The van der Waals surface area contributed by atoms with Crippen LogP contribution in [0.15, 0.2) is 0 Å². The molecule has 1 aliphatic rings. The molecule has 0 aliphatic carbocycles. The number of carbonyl (C=O) groups excluding carboxylic acids is 2. The molecule has 0 bridgehead atoms. The summed E-state index contributed by atoms with van der Waals surface area (Å²) in [6, 6.07) is -0.502. The lowest BCUT2D eigenvalue weighted by Gasteiger charge is -2.18. The second-order valence-corrected chi connectivity index (χ2v) is 3.49. The molecule has 15 heavy (non-hydrogen) atoms. The molecule has 0 aromatic heterocycles. The van der Waals surface area contributed by atoms with Crippen LogP contribution >= 0.6 is 0 Å². The lowest BCUT2D eigenvalue weighted by atomic mass is 10.2. The van der Waals surface area contributed by atoms with E-state index in [1.165, 1.54) is 6.92 Å². The quantitative estimate of drug-likeness (QED) is 0.732. The zero-order valence-electron chi connectivity index (χ0n) is 8.10. The minimum absolute atomic E-state index is 0.0599. The van der Waals surface area contributed by atoms with Gasteiger partial charge in [-0.15, -0.1) is 0 Å². The van der Waals surface area contributed by atoms with Gasteiger partial charge in [0.15, 0.2) is 0 Å². The molecular weight excluding hydrogens is 213 g/mol. The summed E-state index contributed by atoms with van der Waals surface area (Å²) in [6.45, 7) is -0.0588.